The summed E-state index contributed by atoms with van der Waals surface area (Å²) in [7, 11) is 0. The second-order valence-corrected chi connectivity index (χ2v) is 6.46. The Morgan fingerprint density at radius 3 is 2.96 bits per heavy atom. The van der Waals surface area contributed by atoms with Gasteiger partial charge in [-0.25, -0.2) is 4.98 Å². The van der Waals surface area contributed by atoms with Gasteiger partial charge in [0.15, 0.2) is 0 Å². The van der Waals surface area contributed by atoms with Gasteiger partial charge in [-0.1, -0.05) is 30.3 Å². The van der Waals surface area contributed by atoms with Crippen molar-refractivity contribution >= 4 is 5.65 Å². The van der Waals surface area contributed by atoms with E-state index in [0.29, 0.717) is 6.54 Å². The molecular weight excluding hydrogens is 286 g/mol. The molecule has 118 valence electrons. The normalized spacial score (nSPS) is 20.1. The fourth-order valence-corrected chi connectivity index (χ4v) is 3.59. The Morgan fingerprint density at radius 2 is 2.09 bits per heavy atom. The number of aromatic nitrogens is 2. The van der Waals surface area contributed by atoms with Crippen LogP contribution in [0.3, 0.4) is 0 Å². The van der Waals surface area contributed by atoms with Gasteiger partial charge in [-0.2, -0.15) is 0 Å². The zero-order valence-corrected chi connectivity index (χ0v) is 13.3. The number of imidazole rings is 1. The minimum absolute atomic E-state index is 0.108. The predicted octanol–water partition coefficient (Wildman–Crippen LogP) is 2.57. The maximum Gasteiger partial charge on any atom is 0.137 e. The molecule has 0 amide bonds. The molecule has 0 aliphatic heterocycles. The number of nitrogens with zero attached hydrogens (tertiary/aromatic N) is 2. The average molecular weight is 307 g/mol. The van der Waals surface area contributed by atoms with E-state index in [4.69, 9.17) is 0 Å². The third-order valence-corrected chi connectivity index (χ3v) is 4.88. The van der Waals surface area contributed by atoms with E-state index in [0.717, 1.165) is 24.2 Å². The lowest BCUT2D eigenvalue weighted by Gasteiger charge is -2.29. The molecular formula is C19H21N3O. The van der Waals surface area contributed by atoms with E-state index < -0.39 is 0 Å². The molecule has 3 aromatic rings. The summed E-state index contributed by atoms with van der Waals surface area (Å²) < 4.78 is 2.06. The van der Waals surface area contributed by atoms with Crippen molar-refractivity contribution in [3.8, 4) is 0 Å². The Bertz CT molecular complexity index is 855. The summed E-state index contributed by atoms with van der Waals surface area (Å²) in [6.07, 6.45) is 6.07. The highest BCUT2D eigenvalue weighted by molar-refractivity contribution is 5.42. The molecule has 4 heteroatoms. The minimum Gasteiger partial charge on any atom is -0.394 e. The van der Waals surface area contributed by atoms with Gasteiger partial charge in [-0.15, -0.1) is 0 Å². The molecule has 0 bridgehead atoms. The van der Waals surface area contributed by atoms with Crippen molar-refractivity contribution in [3.63, 3.8) is 0 Å². The monoisotopic (exact) mass is 307 g/mol. The van der Waals surface area contributed by atoms with Gasteiger partial charge < -0.3 is 9.51 Å². The first-order valence-corrected chi connectivity index (χ1v) is 8.09. The first-order valence-electron chi connectivity index (χ1n) is 8.09. The quantitative estimate of drug-likeness (QED) is 0.779. The maximum atomic E-state index is 10.0. The van der Waals surface area contributed by atoms with Crippen LogP contribution in [0.2, 0.25) is 0 Å². The summed E-state index contributed by atoms with van der Waals surface area (Å²) >= 11 is 0. The Kier molecular flexibility index (Phi) is 3.43. The second kappa shape index (κ2) is 5.48. The Balaban J connectivity index is 1.59. The van der Waals surface area contributed by atoms with E-state index >= 15 is 0 Å². The Hall–Kier alpha value is -2.17. The first-order chi connectivity index (χ1) is 11.2. The molecule has 0 radical (unpaired) electrons. The third kappa shape index (κ3) is 2.44. The van der Waals surface area contributed by atoms with Gasteiger partial charge >= 0.3 is 0 Å². The molecule has 2 heterocycles. The van der Waals surface area contributed by atoms with Crippen LogP contribution in [0.4, 0.5) is 0 Å². The van der Waals surface area contributed by atoms with Gasteiger partial charge in [0.05, 0.1) is 17.8 Å². The van der Waals surface area contributed by atoms with Crippen molar-refractivity contribution in [2.45, 2.75) is 31.8 Å². The lowest BCUT2D eigenvalue weighted by molar-refractivity contribution is 0.158. The van der Waals surface area contributed by atoms with Crippen LogP contribution in [0, 0.1) is 6.92 Å². The van der Waals surface area contributed by atoms with E-state index in [1.807, 2.05) is 12.1 Å². The topological polar surface area (TPSA) is 49.6 Å². The zero-order valence-electron chi connectivity index (χ0n) is 13.3. The number of aliphatic hydroxyl groups excluding tert-OH is 1. The fraction of sp³-hybridized carbons (Fsp3) is 0.316. The van der Waals surface area contributed by atoms with Crippen LogP contribution in [0.15, 0.2) is 48.8 Å². The highest BCUT2D eigenvalue weighted by Gasteiger charge is 2.37. The van der Waals surface area contributed by atoms with Gasteiger partial charge in [0.2, 0.25) is 0 Å². The summed E-state index contributed by atoms with van der Waals surface area (Å²) in [6, 6.07) is 12.5. The van der Waals surface area contributed by atoms with Crippen LogP contribution >= 0.6 is 0 Å². The number of fused-ring (bicyclic) bond motifs is 2. The van der Waals surface area contributed by atoms with Crippen LogP contribution in [-0.2, 0) is 18.5 Å². The molecule has 1 unspecified atom stereocenters. The lowest BCUT2D eigenvalue weighted by atomic mass is 9.92. The van der Waals surface area contributed by atoms with E-state index in [2.05, 4.69) is 58.3 Å². The van der Waals surface area contributed by atoms with Crippen molar-refractivity contribution in [3.05, 3.63) is 71.2 Å². The van der Waals surface area contributed by atoms with Gasteiger partial charge in [0, 0.05) is 18.9 Å². The molecule has 1 aromatic carbocycles. The van der Waals surface area contributed by atoms with Crippen molar-refractivity contribution < 1.29 is 5.11 Å². The number of hydrogen-bond acceptors (Lipinski definition) is 3. The molecule has 1 atom stereocenters. The lowest BCUT2D eigenvalue weighted by Crippen LogP contribution is -2.43. The van der Waals surface area contributed by atoms with E-state index in [1.165, 1.54) is 16.7 Å². The van der Waals surface area contributed by atoms with E-state index in [-0.39, 0.29) is 12.1 Å². The van der Waals surface area contributed by atoms with Gasteiger partial charge in [0.25, 0.3) is 0 Å². The van der Waals surface area contributed by atoms with Crippen LogP contribution in [-0.4, -0.2) is 21.1 Å². The Morgan fingerprint density at radius 1 is 1.22 bits per heavy atom. The Labute approximate surface area is 135 Å². The molecule has 4 nitrogen and oxygen atoms in total. The molecule has 2 N–H and O–H groups in total. The van der Waals surface area contributed by atoms with E-state index in [9.17, 15) is 5.11 Å². The summed E-state index contributed by atoms with van der Waals surface area (Å²) in [5.74, 6) is 0. The third-order valence-electron chi connectivity index (χ3n) is 4.88. The molecule has 0 saturated carbocycles. The number of aryl methyl sites for hydroxylation is 2. The van der Waals surface area contributed by atoms with Crippen molar-refractivity contribution in [2.75, 3.05) is 6.61 Å². The SMILES string of the molecule is Cc1ccc2nc(CNC3(CO)CCc4ccccc43)cn2c1. The largest absolute Gasteiger partial charge is 0.394 e. The summed E-state index contributed by atoms with van der Waals surface area (Å²) in [5, 5.41) is 13.6. The van der Waals surface area contributed by atoms with Crippen LogP contribution < -0.4 is 5.32 Å². The van der Waals surface area contributed by atoms with Gasteiger partial charge in [-0.3, -0.25) is 5.32 Å². The summed E-state index contributed by atoms with van der Waals surface area (Å²) in [6.45, 7) is 2.83. The standard InChI is InChI=1S/C19H21N3O/c1-14-6-7-18-21-16(12-22(18)11-14)10-20-19(13-23)9-8-15-4-2-3-5-17(15)19/h2-7,11-12,20,23H,8-10,13H2,1H3. The molecule has 2 aromatic heterocycles. The fourth-order valence-electron chi connectivity index (χ4n) is 3.59. The molecule has 0 spiro atoms. The second-order valence-electron chi connectivity index (χ2n) is 6.46. The van der Waals surface area contributed by atoms with Gasteiger partial charge in [0.1, 0.15) is 5.65 Å². The zero-order chi connectivity index (χ0) is 15.9. The number of nitrogens with one attached hydrogen (secondary N) is 1. The van der Waals surface area contributed by atoms with E-state index in [1.54, 1.807) is 0 Å². The molecule has 23 heavy (non-hydrogen) atoms. The summed E-state index contributed by atoms with van der Waals surface area (Å²) in [4.78, 5) is 4.66. The first kappa shape index (κ1) is 14.4. The number of hydrogen-bond donors (Lipinski definition) is 2. The molecule has 1 aliphatic carbocycles. The van der Waals surface area contributed by atoms with Gasteiger partial charge in [-0.05, 0) is 42.5 Å². The van der Waals surface area contributed by atoms with Crippen molar-refractivity contribution in [1.82, 2.24) is 14.7 Å². The smallest absolute Gasteiger partial charge is 0.137 e. The minimum atomic E-state index is -0.345. The van der Waals surface area contributed by atoms with Crippen LogP contribution in [0.5, 0.6) is 0 Å². The number of benzene rings is 1. The average Bonchev–Trinajstić information content (AvgIpc) is 3.14. The highest BCUT2D eigenvalue weighted by Crippen LogP contribution is 2.36. The van der Waals surface area contributed by atoms with Crippen LogP contribution in [0.25, 0.3) is 5.65 Å². The van der Waals surface area contributed by atoms with Crippen molar-refractivity contribution in [1.29, 1.82) is 0 Å². The molecule has 0 saturated heterocycles. The molecule has 4 rings (SSSR count). The maximum absolute atomic E-state index is 10.0. The molecule has 1 aliphatic rings. The predicted molar refractivity (Wildman–Crippen MR) is 90.3 cm³/mol. The van der Waals surface area contributed by atoms with Crippen LogP contribution in [0.1, 0.15) is 28.8 Å². The number of rotatable bonds is 4. The van der Waals surface area contributed by atoms with Crippen molar-refractivity contribution in [2.24, 2.45) is 0 Å². The number of pyridine rings is 1. The molecule has 0 fully saturated rings. The highest BCUT2D eigenvalue weighted by atomic mass is 16.3. The number of aliphatic hydroxyl groups is 1. The summed E-state index contributed by atoms with van der Waals surface area (Å²) in [5.41, 5.74) is 5.38.